The number of urea groups is 1. The second kappa shape index (κ2) is 7.01. The van der Waals surface area contributed by atoms with Crippen LogP contribution in [0.3, 0.4) is 0 Å². The van der Waals surface area contributed by atoms with Crippen LogP contribution in [0.1, 0.15) is 25.8 Å². The van der Waals surface area contributed by atoms with Crippen molar-refractivity contribution in [2.24, 2.45) is 11.8 Å². The van der Waals surface area contributed by atoms with E-state index in [4.69, 9.17) is 16.7 Å². The number of rotatable bonds is 3. The van der Waals surface area contributed by atoms with E-state index in [1.165, 1.54) is 0 Å². The molecule has 1 aliphatic rings. The molecule has 1 aromatic rings. The zero-order valence-corrected chi connectivity index (χ0v) is 13.6. The van der Waals surface area contributed by atoms with Crippen LogP contribution < -0.4 is 5.32 Å². The molecule has 6 heteroatoms. The van der Waals surface area contributed by atoms with Gasteiger partial charge in [0.1, 0.15) is 0 Å². The van der Waals surface area contributed by atoms with Crippen molar-refractivity contribution >= 4 is 29.3 Å². The van der Waals surface area contributed by atoms with Gasteiger partial charge in [-0.05, 0) is 36.5 Å². The van der Waals surface area contributed by atoms with Crippen molar-refractivity contribution in [3.63, 3.8) is 0 Å². The second-order valence-corrected chi connectivity index (χ2v) is 6.28. The largest absolute Gasteiger partial charge is 0.481 e. The predicted octanol–water partition coefficient (Wildman–Crippen LogP) is 3.48. The number of likely N-dealkylation sites (tertiary alicyclic amines) is 1. The number of hydrogen-bond acceptors (Lipinski definition) is 2. The number of carbonyl (C=O) groups excluding carboxylic acids is 1. The molecule has 2 N–H and O–H groups in total. The van der Waals surface area contributed by atoms with Crippen molar-refractivity contribution in [1.82, 2.24) is 4.90 Å². The average Bonchev–Trinajstić information content (AvgIpc) is 2.46. The maximum atomic E-state index is 12.3. The maximum absolute atomic E-state index is 12.3. The molecule has 0 aliphatic carbocycles. The third-order valence-electron chi connectivity index (χ3n) is 3.98. The summed E-state index contributed by atoms with van der Waals surface area (Å²) < 4.78 is 0. The van der Waals surface area contributed by atoms with Crippen LogP contribution in [-0.4, -0.2) is 35.1 Å². The Morgan fingerprint density at radius 3 is 2.73 bits per heavy atom. The Hall–Kier alpha value is -1.75. The van der Waals surface area contributed by atoms with Crippen molar-refractivity contribution in [3.05, 3.63) is 28.8 Å². The highest BCUT2D eigenvalue weighted by atomic mass is 35.5. The maximum Gasteiger partial charge on any atom is 0.321 e. The van der Waals surface area contributed by atoms with Crippen LogP contribution >= 0.6 is 11.6 Å². The number of carboxylic acid groups (broad SMARTS) is 1. The van der Waals surface area contributed by atoms with E-state index in [9.17, 15) is 9.59 Å². The number of halogens is 1. The van der Waals surface area contributed by atoms with Crippen molar-refractivity contribution < 1.29 is 14.7 Å². The Kier molecular flexibility index (Phi) is 5.29. The normalized spacial score (nSPS) is 21.5. The number of anilines is 1. The summed E-state index contributed by atoms with van der Waals surface area (Å²) >= 11 is 6.14. The zero-order chi connectivity index (χ0) is 16.3. The summed E-state index contributed by atoms with van der Waals surface area (Å²) in [6.07, 6.45) is 1.44. The highest BCUT2D eigenvalue weighted by Gasteiger charge is 2.31. The van der Waals surface area contributed by atoms with Gasteiger partial charge in [0.05, 0.1) is 5.92 Å². The van der Waals surface area contributed by atoms with E-state index in [2.05, 4.69) is 5.32 Å². The van der Waals surface area contributed by atoms with Gasteiger partial charge in [-0.1, -0.05) is 31.5 Å². The van der Waals surface area contributed by atoms with E-state index < -0.39 is 11.9 Å². The lowest BCUT2D eigenvalue weighted by Crippen LogP contribution is -2.47. The lowest BCUT2D eigenvalue weighted by atomic mass is 9.91. The number of nitrogens with zero attached hydrogens (tertiary/aromatic N) is 1. The van der Waals surface area contributed by atoms with Gasteiger partial charge in [0, 0.05) is 23.8 Å². The fourth-order valence-electron chi connectivity index (χ4n) is 2.81. The van der Waals surface area contributed by atoms with Gasteiger partial charge < -0.3 is 15.3 Å². The molecular weight excluding hydrogens is 304 g/mol. The van der Waals surface area contributed by atoms with Crippen LogP contribution in [0.4, 0.5) is 10.5 Å². The van der Waals surface area contributed by atoms with E-state index in [1.54, 1.807) is 11.0 Å². The molecule has 1 aliphatic heterocycles. The first kappa shape index (κ1) is 16.6. The molecule has 0 saturated carbocycles. The van der Waals surface area contributed by atoms with Crippen LogP contribution in [0.2, 0.25) is 5.02 Å². The fraction of sp³-hybridized carbons (Fsp3) is 0.500. The Morgan fingerprint density at radius 2 is 2.14 bits per heavy atom. The quantitative estimate of drug-likeness (QED) is 0.894. The second-order valence-electron chi connectivity index (χ2n) is 5.87. The first-order chi connectivity index (χ1) is 10.4. The Bertz CT molecular complexity index is 577. The minimum Gasteiger partial charge on any atom is -0.481 e. The zero-order valence-electron chi connectivity index (χ0n) is 12.8. The Labute approximate surface area is 135 Å². The number of nitrogens with one attached hydrogen (secondary N) is 1. The molecule has 1 saturated heterocycles. The average molecular weight is 325 g/mol. The SMILES string of the molecule is CCc1ccc(NC(=O)N2CC(C)CC(C(=O)O)C2)cc1Cl. The first-order valence-electron chi connectivity index (χ1n) is 7.47. The summed E-state index contributed by atoms with van der Waals surface area (Å²) in [4.78, 5) is 25.1. The van der Waals surface area contributed by atoms with Crippen LogP contribution in [0.5, 0.6) is 0 Å². The molecule has 5 nitrogen and oxygen atoms in total. The lowest BCUT2D eigenvalue weighted by Gasteiger charge is -2.34. The van der Waals surface area contributed by atoms with Gasteiger partial charge in [-0.15, -0.1) is 0 Å². The highest BCUT2D eigenvalue weighted by Crippen LogP contribution is 2.24. The third kappa shape index (κ3) is 3.91. The third-order valence-corrected chi connectivity index (χ3v) is 4.33. The molecule has 2 unspecified atom stereocenters. The molecule has 0 bridgehead atoms. The number of carbonyl (C=O) groups is 2. The predicted molar refractivity (Wildman–Crippen MR) is 86.3 cm³/mol. The van der Waals surface area contributed by atoms with E-state index in [1.807, 2.05) is 26.0 Å². The van der Waals surface area contributed by atoms with Gasteiger partial charge in [0.25, 0.3) is 0 Å². The van der Waals surface area contributed by atoms with E-state index in [0.29, 0.717) is 23.7 Å². The molecule has 2 rings (SSSR count). The smallest absolute Gasteiger partial charge is 0.321 e. The van der Waals surface area contributed by atoms with Crippen LogP contribution in [0, 0.1) is 11.8 Å². The van der Waals surface area contributed by atoms with Gasteiger partial charge >= 0.3 is 12.0 Å². The summed E-state index contributed by atoms with van der Waals surface area (Å²) in [5, 5.41) is 12.6. The number of amides is 2. The highest BCUT2D eigenvalue weighted by molar-refractivity contribution is 6.31. The monoisotopic (exact) mass is 324 g/mol. The Balaban J connectivity index is 2.05. The van der Waals surface area contributed by atoms with E-state index in [0.717, 1.165) is 12.0 Å². The van der Waals surface area contributed by atoms with Gasteiger partial charge in [0.15, 0.2) is 0 Å². The molecular formula is C16H21ClN2O3. The van der Waals surface area contributed by atoms with Crippen molar-refractivity contribution in [3.8, 4) is 0 Å². The molecule has 1 aromatic carbocycles. The van der Waals surface area contributed by atoms with Crippen LogP contribution in [0.15, 0.2) is 18.2 Å². The Morgan fingerprint density at radius 1 is 1.41 bits per heavy atom. The standard InChI is InChI=1S/C16H21ClN2O3/c1-3-11-4-5-13(7-14(11)17)18-16(22)19-8-10(2)6-12(9-19)15(20)21/h4-5,7,10,12H,3,6,8-9H2,1-2H3,(H,18,22)(H,20,21). The first-order valence-corrected chi connectivity index (χ1v) is 7.85. The molecule has 0 aromatic heterocycles. The van der Waals surface area contributed by atoms with Gasteiger partial charge in [-0.25, -0.2) is 4.79 Å². The number of piperidine rings is 1. The number of aliphatic carboxylic acids is 1. The molecule has 0 radical (unpaired) electrons. The molecule has 0 spiro atoms. The summed E-state index contributed by atoms with van der Waals surface area (Å²) in [6, 6.07) is 5.14. The number of carboxylic acids is 1. The molecule has 2 atom stereocenters. The molecule has 120 valence electrons. The van der Waals surface area contributed by atoms with Crippen molar-refractivity contribution in [2.45, 2.75) is 26.7 Å². The number of hydrogen-bond donors (Lipinski definition) is 2. The van der Waals surface area contributed by atoms with Gasteiger partial charge in [-0.3, -0.25) is 4.79 Å². The fourth-order valence-corrected chi connectivity index (χ4v) is 3.12. The van der Waals surface area contributed by atoms with Crippen molar-refractivity contribution in [1.29, 1.82) is 0 Å². The summed E-state index contributed by atoms with van der Waals surface area (Å²) in [6.45, 7) is 4.78. The van der Waals surface area contributed by atoms with Crippen molar-refractivity contribution in [2.75, 3.05) is 18.4 Å². The van der Waals surface area contributed by atoms with Gasteiger partial charge in [0.2, 0.25) is 0 Å². The summed E-state index contributed by atoms with van der Waals surface area (Å²) in [5.74, 6) is -1.17. The topological polar surface area (TPSA) is 69.6 Å². The molecule has 2 amide bonds. The van der Waals surface area contributed by atoms with Crippen LogP contribution in [-0.2, 0) is 11.2 Å². The lowest BCUT2D eigenvalue weighted by molar-refractivity contribution is -0.143. The minimum absolute atomic E-state index is 0.173. The summed E-state index contributed by atoms with van der Waals surface area (Å²) in [5.41, 5.74) is 1.65. The number of benzene rings is 1. The van der Waals surface area contributed by atoms with E-state index in [-0.39, 0.29) is 18.5 Å². The van der Waals surface area contributed by atoms with Gasteiger partial charge in [-0.2, -0.15) is 0 Å². The van der Waals surface area contributed by atoms with E-state index >= 15 is 0 Å². The van der Waals surface area contributed by atoms with Crippen LogP contribution in [0.25, 0.3) is 0 Å². The minimum atomic E-state index is -0.848. The molecule has 1 fully saturated rings. The molecule has 1 heterocycles. The summed E-state index contributed by atoms with van der Waals surface area (Å²) in [7, 11) is 0. The molecule has 22 heavy (non-hydrogen) atoms. The number of aryl methyl sites for hydroxylation is 1.